The van der Waals surface area contributed by atoms with E-state index in [1.54, 1.807) is 0 Å². The second kappa shape index (κ2) is 5.66. The molecule has 1 fully saturated rings. The maximum absolute atomic E-state index is 2.49. The summed E-state index contributed by atoms with van der Waals surface area (Å²) in [6, 6.07) is 6.99. The molecule has 1 aromatic carbocycles. The molecule has 1 aromatic rings. The van der Waals surface area contributed by atoms with E-state index in [1.165, 1.54) is 23.1 Å². The van der Waals surface area contributed by atoms with E-state index < -0.39 is 0 Å². The molecule has 1 aliphatic rings. The van der Waals surface area contributed by atoms with Crippen molar-refractivity contribution < 1.29 is 0 Å². The summed E-state index contributed by atoms with van der Waals surface area (Å²) in [6.07, 6.45) is 1.24. The topological polar surface area (TPSA) is 3.24 Å². The zero-order valence-electron chi connectivity index (χ0n) is 14.1. The molecule has 0 unspecified atom stereocenters. The van der Waals surface area contributed by atoms with E-state index in [9.17, 15) is 0 Å². The number of nitrogens with zero attached hydrogens (tertiary/aromatic N) is 1. The highest BCUT2D eigenvalue weighted by molar-refractivity contribution is 5.35. The summed E-state index contributed by atoms with van der Waals surface area (Å²) in [4.78, 5) is 2.49. The van der Waals surface area contributed by atoms with Gasteiger partial charge in [0.15, 0.2) is 0 Å². The summed E-state index contributed by atoms with van der Waals surface area (Å²) in [7, 11) is 2.24. The molecule has 0 aromatic heterocycles. The lowest BCUT2D eigenvalue weighted by atomic mass is 9.77. The quantitative estimate of drug-likeness (QED) is 0.708. The van der Waals surface area contributed by atoms with Crippen molar-refractivity contribution in [2.75, 3.05) is 13.6 Å². The lowest BCUT2D eigenvalue weighted by Gasteiger charge is -2.27. The fourth-order valence-corrected chi connectivity index (χ4v) is 3.40. The normalized spacial score (nSPS) is 25.9. The van der Waals surface area contributed by atoms with Crippen molar-refractivity contribution in [3.8, 4) is 0 Å². The van der Waals surface area contributed by atoms with E-state index in [0.29, 0.717) is 11.0 Å². The highest BCUT2D eigenvalue weighted by Crippen LogP contribution is 2.42. The minimum absolute atomic E-state index is 0.301. The van der Waals surface area contributed by atoms with Crippen molar-refractivity contribution in [1.82, 2.24) is 4.90 Å². The first kappa shape index (κ1) is 16.2. The Balaban J connectivity index is 0.000000861. The van der Waals surface area contributed by atoms with Crippen LogP contribution in [0.15, 0.2) is 18.2 Å². The van der Waals surface area contributed by atoms with Crippen molar-refractivity contribution >= 4 is 0 Å². The molecule has 0 saturated carbocycles. The maximum Gasteiger partial charge on any atom is 0.0159 e. The Morgan fingerprint density at radius 3 is 1.79 bits per heavy atom. The van der Waals surface area contributed by atoms with Gasteiger partial charge in [0.05, 0.1) is 0 Å². The number of likely N-dealkylation sites (tertiary alicyclic amines) is 1. The van der Waals surface area contributed by atoms with Gasteiger partial charge in [0.2, 0.25) is 0 Å². The van der Waals surface area contributed by atoms with Crippen LogP contribution in [0.2, 0.25) is 0 Å². The summed E-state index contributed by atoms with van der Waals surface area (Å²) in [5.74, 6) is 0. The molecule has 1 nitrogen and oxygen atoms in total. The zero-order chi connectivity index (χ0) is 14.8. The minimum atomic E-state index is 0.301. The molecule has 0 N–H and O–H groups in total. The van der Waals surface area contributed by atoms with Crippen LogP contribution in [0.3, 0.4) is 0 Å². The Morgan fingerprint density at radius 1 is 0.947 bits per heavy atom. The molecule has 1 heteroatoms. The smallest absolute Gasteiger partial charge is 0.0159 e. The first-order valence-electron chi connectivity index (χ1n) is 7.53. The summed E-state index contributed by atoms with van der Waals surface area (Å²) < 4.78 is 0. The molecule has 0 spiro atoms. The first-order chi connectivity index (χ1) is 8.73. The molecule has 0 bridgehead atoms. The van der Waals surface area contributed by atoms with Gasteiger partial charge in [-0.1, -0.05) is 50.1 Å². The molecule has 1 heterocycles. The van der Waals surface area contributed by atoms with Gasteiger partial charge in [-0.2, -0.15) is 0 Å². The first-order valence-corrected chi connectivity index (χ1v) is 7.53. The van der Waals surface area contributed by atoms with Crippen LogP contribution in [0.25, 0.3) is 0 Å². The summed E-state index contributed by atoms with van der Waals surface area (Å²) in [6.45, 7) is 16.7. The molecule has 2 rings (SSSR count). The predicted molar refractivity (Wildman–Crippen MR) is 85.9 cm³/mol. The highest BCUT2D eigenvalue weighted by atomic mass is 15.2. The van der Waals surface area contributed by atoms with Gasteiger partial charge < -0.3 is 4.90 Å². The Bertz CT molecular complexity index is 413. The van der Waals surface area contributed by atoms with Crippen LogP contribution in [0.5, 0.6) is 0 Å². The Labute approximate surface area is 120 Å². The summed E-state index contributed by atoms with van der Waals surface area (Å²) in [5, 5.41) is 0. The third-order valence-corrected chi connectivity index (χ3v) is 4.36. The van der Waals surface area contributed by atoms with Crippen LogP contribution in [0, 0.1) is 13.8 Å². The van der Waals surface area contributed by atoms with Crippen LogP contribution in [-0.4, -0.2) is 24.0 Å². The molecule has 0 radical (unpaired) electrons. The highest BCUT2D eigenvalue weighted by Gasteiger charge is 2.44. The third-order valence-electron chi connectivity index (χ3n) is 4.36. The molecule has 0 amide bonds. The summed E-state index contributed by atoms with van der Waals surface area (Å²) >= 11 is 0. The maximum atomic E-state index is 2.49. The van der Waals surface area contributed by atoms with E-state index in [1.807, 2.05) is 13.8 Å². The molecule has 19 heavy (non-hydrogen) atoms. The van der Waals surface area contributed by atoms with E-state index in [4.69, 9.17) is 0 Å². The van der Waals surface area contributed by atoms with Gasteiger partial charge in [-0.05, 0) is 46.7 Å². The van der Waals surface area contributed by atoms with Crippen LogP contribution in [0.4, 0.5) is 0 Å². The fourth-order valence-electron chi connectivity index (χ4n) is 3.40. The molecule has 1 atom stereocenters. The van der Waals surface area contributed by atoms with E-state index >= 15 is 0 Å². The Hall–Kier alpha value is -0.820. The number of likely N-dealkylation sites (N-methyl/N-ethyl adjacent to an activating group) is 1. The molecule has 0 aliphatic carbocycles. The van der Waals surface area contributed by atoms with Crippen molar-refractivity contribution in [3.63, 3.8) is 0 Å². The number of hydrogen-bond donors (Lipinski definition) is 0. The molecular weight excluding hydrogens is 230 g/mol. The second-order valence-corrected chi connectivity index (χ2v) is 6.78. The van der Waals surface area contributed by atoms with Gasteiger partial charge >= 0.3 is 0 Å². The number of benzene rings is 1. The zero-order valence-corrected chi connectivity index (χ0v) is 14.1. The van der Waals surface area contributed by atoms with Crippen LogP contribution >= 0.6 is 0 Å². The van der Waals surface area contributed by atoms with E-state index in [-0.39, 0.29) is 0 Å². The predicted octanol–water partition coefficient (Wildman–Crippen LogP) is 4.70. The lowest BCUT2D eigenvalue weighted by Crippen LogP contribution is -2.34. The van der Waals surface area contributed by atoms with Crippen molar-refractivity contribution in [1.29, 1.82) is 0 Å². The van der Waals surface area contributed by atoms with Crippen LogP contribution in [0.1, 0.15) is 57.7 Å². The standard InChI is InChI=1S/C16H25N.C2H6/c1-12-7-13(2)9-14(8-12)16(5)10-15(3,4)17(6)11-16;1-2/h7-9H,10-11H2,1-6H3;1-2H3/t16-;/m0./s1. The van der Waals surface area contributed by atoms with E-state index in [0.717, 1.165) is 6.54 Å². The fraction of sp³-hybridized carbons (Fsp3) is 0.667. The van der Waals surface area contributed by atoms with Gasteiger partial charge in [0.25, 0.3) is 0 Å². The molecule has 1 saturated heterocycles. The Kier molecular flexibility index (Phi) is 4.84. The van der Waals surface area contributed by atoms with Crippen molar-refractivity contribution in [2.24, 2.45) is 0 Å². The van der Waals surface area contributed by atoms with Gasteiger partial charge in [-0.3, -0.25) is 0 Å². The van der Waals surface area contributed by atoms with Crippen LogP contribution in [-0.2, 0) is 5.41 Å². The lowest BCUT2D eigenvalue weighted by molar-refractivity contribution is 0.218. The molecule has 1 aliphatic heterocycles. The Morgan fingerprint density at radius 2 is 1.42 bits per heavy atom. The average Bonchev–Trinajstić information content (AvgIpc) is 2.50. The van der Waals surface area contributed by atoms with Crippen LogP contribution < -0.4 is 0 Å². The number of hydrogen-bond acceptors (Lipinski definition) is 1. The third kappa shape index (κ3) is 3.39. The number of aryl methyl sites for hydroxylation is 2. The van der Waals surface area contributed by atoms with Gasteiger partial charge in [-0.15, -0.1) is 0 Å². The van der Waals surface area contributed by atoms with Crippen molar-refractivity contribution in [3.05, 3.63) is 34.9 Å². The minimum Gasteiger partial charge on any atom is -0.300 e. The van der Waals surface area contributed by atoms with Gasteiger partial charge in [0.1, 0.15) is 0 Å². The van der Waals surface area contributed by atoms with Crippen molar-refractivity contribution in [2.45, 2.75) is 65.8 Å². The largest absolute Gasteiger partial charge is 0.300 e. The number of rotatable bonds is 1. The molecular formula is C18H31N. The average molecular weight is 261 g/mol. The van der Waals surface area contributed by atoms with Gasteiger partial charge in [-0.25, -0.2) is 0 Å². The molecule has 108 valence electrons. The summed E-state index contributed by atoms with van der Waals surface area (Å²) in [5.41, 5.74) is 4.89. The SMILES string of the molecule is CC.Cc1cc(C)cc([C@]2(C)CN(C)C(C)(C)C2)c1. The van der Waals surface area contributed by atoms with Gasteiger partial charge in [0, 0.05) is 17.5 Å². The monoisotopic (exact) mass is 261 g/mol. The van der Waals surface area contributed by atoms with E-state index in [2.05, 4.69) is 64.8 Å². The second-order valence-electron chi connectivity index (χ2n) is 6.78.